The maximum absolute atomic E-state index is 12.0. The van der Waals surface area contributed by atoms with Gasteiger partial charge in [-0.15, -0.1) is 11.3 Å². The lowest BCUT2D eigenvalue weighted by Crippen LogP contribution is -2.55. The number of carbonyl (C=O) groups excluding carboxylic acids is 1. The molecule has 20 heavy (non-hydrogen) atoms. The van der Waals surface area contributed by atoms with Crippen LogP contribution in [0.25, 0.3) is 0 Å². The van der Waals surface area contributed by atoms with E-state index in [1.54, 1.807) is 11.3 Å². The zero-order valence-electron chi connectivity index (χ0n) is 12.4. The van der Waals surface area contributed by atoms with E-state index < -0.39 is 0 Å². The molecule has 2 heterocycles. The molecular weight excluding hydrogens is 274 g/mol. The van der Waals surface area contributed by atoms with Crippen molar-refractivity contribution in [3.8, 4) is 0 Å². The van der Waals surface area contributed by atoms with Gasteiger partial charge in [0.2, 0.25) is 5.91 Å². The Morgan fingerprint density at radius 1 is 1.50 bits per heavy atom. The Balaban J connectivity index is 1.79. The van der Waals surface area contributed by atoms with Crippen LogP contribution in [0.15, 0.2) is 5.38 Å². The second-order valence-corrected chi connectivity index (χ2v) is 6.79. The molecular formula is C14H23N3O2S. The summed E-state index contributed by atoms with van der Waals surface area (Å²) in [6.07, 6.45) is 0.365. The Morgan fingerprint density at radius 3 is 2.80 bits per heavy atom. The van der Waals surface area contributed by atoms with Gasteiger partial charge in [-0.3, -0.25) is 9.69 Å². The molecule has 112 valence electrons. The van der Waals surface area contributed by atoms with Gasteiger partial charge in [0.1, 0.15) is 0 Å². The lowest BCUT2D eigenvalue weighted by molar-refractivity contribution is -0.121. The van der Waals surface area contributed by atoms with Crippen LogP contribution in [0.3, 0.4) is 0 Å². The van der Waals surface area contributed by atoms with Gasteiger partial charge in [-0.25, -0.2) is 4.98 Å². The second-order valence-electron chi connectivity index (χ2n) is 5.72. The van der Waals surface area contributed by atoms with Crippen LogP contribution in [0.5, 0.6) is 0 Å². The fourth-order valence-electron chi connectivity index (χ4n) is 2.31. The Morgan fingerprint density at radius 2 is 2.20 bits per heavy atom. The first kappa shape index (κ1) is 15.4. The average Bonchev–Trinajstić information content (AvgIpc) is 2.83. The van der Waals surface area contributed by atoms with Gasteiger partial charge in [0.15, 0.2) is 0 Å². The monoisotopic (exact) mass is 297 g/mol. The van der Waals surface area contributed by atoms with Crippen molar-refractivity contribution >= 4 is 17.2 Å². The van der Waals surface area contributed by atoms with Crippen molar-refractivity contribution in [1.82, 2.24) is 15.2 Å². The molecule has 0 radical (unpaired) electrons. The molecule has 1 aliphatic heterocycles. The summed E-state index contributed by atoms with van der Waals surface area (Å²) in [5, 5.41) is 5.97. The van der Waals surface area contributed by atoms with E-state index in [0.717, 1.165) is 37.0 Å². The summed E-state index contributed by atoms with van der Waals surface area (Å²) >= 11 is 1.58. The normalized spacial score (nSPS) is 17.1. The third kappa shape index (κ3) is 4.26. The Kier molecular flexibility index (Phi) is 5.12. The quantitative estimate of drug-likeness (QED) is 0.888. The SMILES string of the molecule is Cc1nc(CC(=O)NCC(C)(C)N2CCOCC2)cs1. The molecule has 1 fully saturated rings. The molecule has 0 spiro atoms. The van der Waals surface area contributed by atoms with Gasteiger partial charge in [-0.05, 0) is 20.8 Å². The van der Waals surface area contributed by atoms with Crippen LogP contribution in [-0.2, 0) is 16.0 Å². The topological polar surface area (TPSA) is 54.5 Å². The number of hydrogen-bond donors (Lipinski definition) is 1. The van der Waals surface area contributed by atoms with E-state index in [4.69, 9.17) is 4.74 Å². The molecule has 0 atom stereocenters. The Bertz CT molecular complexity index is 453. The molecule has 1 N–H and O–H groups in total. The maximum atomic E-state index is 12.0. The lowest BCUT2D eigenvalue weighted by Gasteiger charge is -2.40. The van der Waals surface area contributed by atoms with Crippen LogP contribution in [0.4, 0.5) is 0 Å². The van der Waals surface area contributed by atoms with Gasteiger partial charge in [-0.2, -0.15) is 0 Å². The van der Waals surface area contributed by atoms with E-state index in [1.165, 1.54) is 0 Å². The molecule has 1 aromatic heterocycles. The standard InChI is InChI=1S/C14H23N3O2S/c1-11-16-12(9-20-11)8-13(18)15-10-14(2,3)17-4-6-19-7-5-17/h9H,4-8,10H2,1-3H3,(H,15,18). The first-order chi connectivity index (χ1) is 9.47. The molecule has 2 rings (SSSR count). The number of nitrogens with zero attached hydrogens (tertiary/aromatic N) is 2. The van der Waals surface area contributed by atoms with Gasteiger partial charge >= 0.3 is 0 Å². The minimum absolute atomic E-state index is 0.0386. The van der Waals surface area contributed by atoms with Crippen molar-refractivity contribution in [3.05, 3.63) is 16.1 Å². The molecule has 1 aliphatic rings. The molecule has 0 saturated carbocycles. The zero-order valence-corrected chi connectivity index (χ0v) is 13.3. The highest BCUT2D eigenvalue weighted by Crippen LogP contribution is 2.15. The average molecular weight is 297 g/mol. The van der Waals surface area contributed by atoms with Crippen LogP contribution in [0, 0.1) is 6.92 Å². The van der Waals surface area contributed by atoms with E-state index in [0.29, 0.717) is 13.0 Å². The Hall–Kier alpha value is -0.980. The zero-order chi connectivity index (χ0) is 14.6. The van der Waals surface area contributed by atoms with Crippen LogP contribution in [0.2, 0.25) is 0 Å². The van der Waals surface area contributed by atoms with Gasteiger partial charge in [0.05, 0.1) is 30.3 Å². The molecule has 0 aromatic carbocycles. The maximum Gasteiger partial charge on any atom is 0.226 e. The van der Waals surface area contributed by atoms with Crippen molar-refractivity contribution < 1.29 is 9.53 Å². The predicted octanol–water partition coefficient (Wildman–Crippen LogP) is 1.22. The number of amides is 1. The molecule has 1 saturated heterocycles. The highest BCUT2D eigenvalue weighted by Gasteiger charge is 2.28. The van der Waals surface area contributed by atoms with Crippen LogP contribution in [-0.4, -0.2) is 54.2 Å². The molecule has 0 bridgehead atoms. The first-order valence-corrected chi connectivity index (χ1v) is 7.86. The van der Waals surface area contributed by atoms with Gasteiger partial charge in [0.25, 0.3) is 0 Å². The molecule has 5 nitrogen and oxygen atoms in total. The summed E-state index contributed by atoms with van der Waals surface area (Å²) in [5.74, 6) is 0.0386. The van der Waals surface area contributed by atoms with E-state index in [1.807, 2.05) is 12.3 Å². The van der Waals surface area contributed by atoms with E-state index >= 15 is 0 Å². The number of hydrogen-bond acceptors (Lipinski definition) is 5. The summed E-state index contributed by atoms with van der Waals surface area (Å²) in [4.78, 5) is 18.6. The highest BCUT2D eigenvalue weighted by atomic mass is 32.1. The lowest BCUT2D eigenvalue weighted by atomic mass is 10.0. The van der Waals surface area contributed by atoms with Crippen LogP contribution < -0.4 is 5.32 Å². The number of thiazole rings is 1. The van der Waals surface area contributed by atoms with Crippen molar-refractivity contribution in [2.75, 3.05) is 32.8 Å². The van der Waals surface area contributed by atoms with Gasteiger partial charge in [-0.1, -0.05) is 0 Å². The number of rotatable bonds is 5. The van der Waals surface area contributed by atoms with E-state index in [-0.39, 0.29) is 11.4 Å². The fraction of sp³-hybridized carbons (Fsp3) is 0.714. The van der Waals surface area contributed by atoms with Crippen LogP contribution >= 0.6 is 11.3 Å². The third-order valence-corrected chi connectivity index (χ3v) is 4.42. The second kappa shape index (κ2) is 6.65. The van der Waals surface area contributed by atoms with E-state index in [9.17, 15) is 4.79 Å². The van der Waals surface area contributed by atoms with E-state index in [2.05, 4.69) is 29.0 Å². The number of ether oxygens (including phenoxy) is 1. The van der Waals surface area contributed by atoms with Crippen molar-refractivity contribution in [2.45, 2.75) is 32.7 Å². The minimum Gasteiger partial charge on any atom is -0.379 e. The fourth-order valence-corrected chi connectivity index (χ4v) is 2.92. The molecule has 6 heteroatoms. The summed E-state index contributed by atoms with van der Waals surface area (Å²) in [7, 11) is 0. The minimum atomic E-state index is -0.0442. The van der Waals surface area contributed by atoms with Gasteiger partial charge in [0, 0.05) is 30.6 Å². The molecule has 0 unspecified atom stereocenters. The third-order valence-electron chi connectivity index (χ3n) is 3.59. The smallest absolute Gasteiger partial charge is 0.226 e. The molecule has 0 aliphatic carbocycles. The summed E-state index contributed by atoms with van der Waals surface area (Å²) in [6, 6.07) is 0. The first-order valence-electron chi connectivity index (χ1n) is 6.98. The van der Waals surface area contributed by atoms with Crippen molar-refractivity contribution in [3.63, 3.8) is 0 Å². The number of morpholine rings is 1. The van der Waals surface area contributed by atoms with Gasteiger partial charge < -0.3 is 10.1 Å². The summed E-state index contributed by atoms with van der Waals surface area (Å²) in [5.41, 5.74) is 0.812. The number of nitrogens with one attached hydrogen (secondary N) is 1. The summed E-state index contributed by atoms with van der Waals surface area (Å²) in [6.45, 7) is 10.3. The predicted molar refractivity (Wildman–Crippen MR) is 80.0 cm³/mol. The number of carbonyl (C=O) groups is 1. The molecule has 1 amide bonds. The number of aromatic nitrogens is 1. The van der Waals surface area contributed by atoms with Crippen molar-refractivity contribution in [1.29, 1.82) is 0 Å². The number of aryl methyl sites for hydroxylation is 1. The Labute approximate surface area is 124 Å². The largest absolute Gasteiger partial charge is 0.379 e. The van der Waals surface area contributed by atoms with Crippen LogP contribution in [0.1, 0.15) is 24.5 Å². The highest BCUT2D eigenvalue weighted by molar-refractivity contribution is 7.09. The van der Waals surface area contributed by atoms with Crippen molar-refractivity contribution in [2.24, 2.45) is 0 Å². The summed E-state index contributed by atoms with van der Waals surface area (Å²) < 4.78 is 5.37. The molecule has 1 aromatic rings.